The minimum Gasteiger partial charge on any atom is -0.354 e. The van der Waals surface area contributed by atoms with Crippen LogP contribution in [0.5, 0.6) is 0 Å². The lowest BCUT2D eigenvalue weighted by molar-refractivity contribution is -0.122. The van der Waals surface area contributed by atoms with E-state index in [1.807, 2.05) is 6.26 Å². The SMILES string of the molecule is CSCC[C@H](N)C(=O)NCC1(c2cccc(Br)c2)CCCCC1.Cl. The van der Waals surface area contributed by atoms with E-state index in [-0.39, 0.29) is 23.7 Å². The molecule has 0 saturated heterocycles. The lowest BCUT2D eigenvalue weighted by Gasteiger charge is -2.38. The van der Waals surface area contributed by atoms with E-state index in [0.29, 0.717) is 6.54 Å². The van der Waals surface area contributed by atoms with Crippen molar-refractivity contribution in [2.75, 3.05) is 18.6 Å². The van der Waals surface area contributed by atoms with Crippen molar-refractivity contribution in [3.05, 3.63) is 34.3 Å². The van der Waals surface area contributed by atoms with Gasteiger partial charge in [0.1, 0.15) is 0 Å². The summed E-state index contributed by atoms with van der Waals surface area (Å²) in [6, 6.07) is 8.13. The van der Waals surface area contributed by atoms with Gasteiger partial charge in [0.15, 0.2) is 0 Å². The van der Waals surface area contributed by atoms with E-state index < -0.39 is 6.04 Å². The van der Waals surface area contributed by atoms with Crippen molar-refractivity contribution in [1.82, 2.24) is 5.32 Å². The molecule has 3 N–H and O–H groups in total. The monoisotopic (exact) mass is 434 g/mol. The summed E-state index contributed by atoms with van der Waals surface area (Å²) in [5.41, 5.74) is 7.37. The molecule has 3 nitrogen and oxygen atoms in total. The van der Waals surface area contributed by atoms with Gasteiger partial charge in [-0.2, -0.15) is 11.8 Å². The highest BCUT2D eigenvalue weighted by Gasteiger charge is 2.34. The first-order valence-corrected chi connectivity index (χ1v) is 10.5. The zero-order valence-corrected chi connectivity index (χ0v) is 17.4. The van der Waals surface area contributed by atoms with Crippen molar-refractivity contribution < 1.29 is 4.79 Å². The van der Waals surface area contributed by atoms with Crippen LogP contribution in [-0.2, 0) is 10.2 Å². The second kappa shape index (κ2) is 10.7. The number of carbonyl (C=O) groups is 1. The standard InChI is InChI=1S/C18H27BrN2OS.ClH/c1-23-11-8-16(20)17(22)21-13-18(9-3-2-4-10-18)14-6-5-7-15(19)12-14;/h5-7,12,16H,2-4,8-11,13,20H2,1H3,(H,21,22);1H/t16-;/m0./s1. The maximum Gasteiger partial charge on any atom is 0.236 e. The Balaban J connectivity index is 0.00000288. The summed E-state index contributed by atoms with van der Waals surface area (Å²) in [7, 11) is 0. The van der Waals surface area contributed by atoms with Crippen molar-refractivity contribution in [1.29, 1.82) is 0 Å². The molecule has 1 amide bonds. The number of nitrogens with two attached hydrogens (primary N) is 1. The van der Waals surface area contributed by atoms with Crippen LogP contribution in [0, 0.1) is 0 Å². The van der Waals surface area contributed by atoms with Gasteiger partial charge in [0.2, 0.25) is 5.91 Å². The molecule has 1 saturated carbocycles. The van der Waals surface area contributed by atoms with Crippen LogP contribution in [0.3, 0.4) is 0 Å². The van der Waals surface area contributed by atoms with E-state index in [1.54, 1.807) is 11.8 Å². The van der Waals surface area contributed by atoms with Crippen LogP contribution >= 0.6 is 40.1 Å². The minimum absolute atomic E-state index is 0. The fraction of sp³-hybridized carbons (Fsp3) is 0.611. The van der Waals surface area contributed by atoms with Gasteiger partial charge in [-0.3, -0.25) is 4.79 Å². The lowest BCUT2D eigenvalue weighted by atomic mass is 9.69. The van der Waals surface area contributed by atoms with E-state index in [9.17, 15) is 4.79 Å². The molecule has 0 bridgehead atoms. The predicted molar refractivity (Wildman–Crippen MR) is 110 cm³/mol. The topological polar surface area (TPSA) is 55.1 Å². The summed E-state index contributed by atoms with van der Waals surface area (Å²) >= 11 is 5.30. The molecular weight excluding hydrogens is 408 g/mol. The van der Waals surface area contributed by atoms with Gasteiger partial charge in [0.05, 0.1) is 6.04 Å². The Bertz CT molecular complexity index is 523. The molecule has 1 aliphatic carbocycles. The van der Waals surface area contributed by atoms with Crippen LogP contribution in [0.4, 0.5) is 0 Å². The third kappa shape index (κ3) is 5.94. The second-order valence-corrected chi connectivity index (χ2v) is 8.36. The van der Waals surface area contributed by atoms with Crippen molar-refractivity contribution >= 4 is 46.0 Å². The molecule has 0 aromatic heterocycles. The number of carbonyl (C=O) groups excluding carboxylic acids is 1. The highest BCUT2D eigenvalue weighted by molar-refractivity contribution is 9.10. The molecule has 1 aliphatic rings. The molecular formula is C18H28BrClN2OS. The van der Waals surface area contributed by atoms with Gasteiger partial charge in [-0.05, 0) is 49.0 Å². The number of amides is 1. The smallest absolute Gasteiger partial charge is 0.236 e. The third-order valence-corrected chi connectivity index (χ3v) is 5.96. The predicted octanol–water partition coefficient (Wildman–Crippen LogP) is 4.27. The molecule has 0 heterocycles. The molecule has 1 aromatic carbocycles. The number of hydrogen-bond donors (Lipinski definition) is 2. The number of thioether (sulfide) groups is 1. The first-order chi connectivity index (χ1) is 11.1. The highest BCUT2D eigenvalue weighted by Crippen LogP contribution is 2.39. The molecule has 6 heteroatoms. The minimum atomic E-state index is -0.398. The van der Waals surface area contributed by atoms with Gasteiger partial charge >= 0.3 is 0 Å². The number of halogens is 2. The number of hydrogen-bond acceptors (Lipinski definition) is 3. The van der Waals surface area contributed by atoms with Crippen molar-refractivity contribution in [2.24, 2.45) is 5.73 Å². The zero-order valence-electron chi connectivity index (χ0n) is 14.2. The Morgan fingerprint density at radius 1 is 1.38 bits per heavy atom. The molecule has 0 spiro atoms. The van der Waals surface area contributed by atoms with Crippen LogP contribution in [-0.4, -0.2) is 30.5 Å². The van der Waals surface area contributed by atoms with Gasteiger partial charge in [0.25, 0.3) is 0 Å². The largest absolute Gasteiger partial charge is 0.354 e. The molecule has 1 aromatic rings. The number of benzene rings is 1. The van der Waals surface area contributed by atoms with Crippen LogP contribution in [0.25, 0.3) is 0 Å². The summed E-state index contributed by atoms with van der Waals surface area (Å²) < 4.78 is 1.10. The van der Waals surface area contributed by atoms with Gasteiger partial charge in [-0.15, -0.1) is 12.4 Å². The normalized spacial score (nSPS) is 17.6. The van der Waals surface area contributed by atoms with E-state index in [2.05, 4.69) is 45.5 Å². The van der Waals surface area contributed by atoms with E-state index in [0.717, 1.165) is 29.5 Å². The quantitative estimate of drug-likeness (QED) is 0.672. The first kappa shape index (κ1) is 21.8. The molecule has 136 valence electrons. The van der Waals surface area contributed by atoms with Crippen molar-refractivity contribution in [3.8, 4) is 0 Å². The summed E-state index contributed by atoms with van der Waals surface area (Å²) in [6.45, 7) is 0.690. The van der Waals surface area contributed by atoms with Crippen molar-refractivity contribution in [3.63, 3.8) is 0 Å². The fourth-order valence-electron chi connectivity index (χ4n) is 3.38. The third-order valence-electron chi connectivity index (χ3n) is 4.82. The Morgan fingerprint density at radius 3 is 2.71 bits per heavy atom. The van der Waals surface area contributed by atoms with Crippen LogP contribution in [0.2, 0.25) is 0 Å². The Labute approximate surface area is 164 Å². The van der Waals surface area contributed by atoms with Crippen LogP contribution in [0.15, 0.2) is 28.7 Å². The first-order valence-electron chi connectivity index (χ1n) is 8.36. The molecule has 0 aliphatic heterocycles. The summed E-state index contributed by atoms with van der Waals surface area (Å²) in [5, 5.41) is 3.13. The average molecular weight is 436 g/mol. The molecule has 2 rings (SSSR count). The molecule has 0 radical (unpaired) electrons. The van der Waals surface area contributed by atoms with Gasteiger partial charge in [0, 0.05) is 16.4 Å². The average Bonchev–Trinajstić information content (AvgIpc) is 2.58. The van der Waals surface area contributed by atoms with E-state index in [1.165, 1.54) is 24.8 Å². The summed E-state index contributed by atoms with van der Waals surface area (Å²) in [4.78, 5) is 12.3. The molecule has 1 atom stereocenters. The number of rotatable bonds is 7. The Hall–Kier alpha value is -0.230. The molecule has 1 fully saturated rings. The second-order valence-electron chi connectivity index (χ2n) is 6.46. The number of nitrogens with one attached hydrogen (secondary N) is 1. The van der Waals surface area contributed by atoms with Gasteiger partial charge in [-0.1, -0.05) is 47.3 Å². The van der Waals surface area contributed by atoms with Crippen molar-refractivity contribution in [2.45, 2.75) is 50.0 Å². The summed E-state index contributed by atoms with van der Waals surface area (Å²) in [5.74, 6) is 0.907. The van der Waals surface area contributed by atoms with Crippen LogP contribution < -0.4 is 11.1 Å². The molecule has 24 heavy (non-hydrogen) atoms. The summed E-state index contributed by atoms with van der Waals surface area (Å²) in [6.07, 6.45) is 8.76. The van der Waals surface area contributed by atoms with Gasteiger partial charge < -0.3 is 11.1 Å². The van der Waals surface area contributed by atoms with E-state index in [4.69, 9.17) is 5.73 Å². The Morgan fingerprint density at radius 2 is 2.08 bits per heavy atom. The molecule has 0 unspecified atom stereocenters. The maximum atomic E-state index is 12.3. The highest BCUT2D eigenvalue weighted by atomic mass is 79.9. The fourth-order valence-corrected chi connectivity index (χ4v) is 4.27. The zero-order chi connectivity index (χ0) is 16.7. The van der Waals surface area contributed by atoms with Gasteiger partial charge in [-0.25, -0.2) is 0 Å². The lowest BCUT2D eigenvalue weighted by Crippen LogP contribution is -2.47. The maximum absolute atomic E-state index is 12.3. The van der Waals surface area contributed by atoms with E-state index >= 15 is 0 Å². The van der Waals surface area contributed by atoms with Crippen LogP contribution in [0.1, 0.15) is 44.1 Å². The Kier molecular flexibility index (Phi) is 9.72.